The lowest BCUT2D eigenvalue weighted by atomic mass is 10.2. The summed E-state index contributed by atoms with van der Waals surface area (Å²) in [6.45, 7) is 3.48. The van der Waals surface area contributed by atoms with Crippen LogP contribution in [0.2, 0.25) is 0 Å². The van der Waals surface area contributed by atoms with Crippen LogP contribution in [0.25, 0.3) is 22.4 Å². The average molecular weight is 393 g/mol. The van der Waals surface area contributed by atoms with E-state index in [1.165, 1.54) is 19.3 Å². The summed E-state index contributed by atoms with van der Waals surface area (Å²) in [6, 6.07) is 4.29. The second-order valence-corrected chi connectivity index (χ2v) is 8.49. The second-order valence-electron chi connectivity index (χ2n) is 8.49. The minimum absolute atomic E-state index is 0.0446. The molecule has 1 atom stereocenters. The van der Waals surface area contributed by atoms with Crippen molar-refractivity contribution in [1.82, 2.24) is 19.3 Å². The van der Waals surface area contributed by atoms with Gasteiger partial charge in [0.2, 0.25) is 0 Å². The van der Waals surface area contributed by atoms with Crippen LogP contribution in [0.3, 0.4) is 0 Å². The van der Waals surface area contributed by atoms with E-state index in [2.05, 4.69) is 33.3 Å². The molecular weight excluding hydrogens is 366 g/mol. The highest BCUT2D eigenvalue weighted by Gasteiger charge is 2.24. The lowest BCUT2D eigenvalue weighted by Crippen LogP contribution is -2.18. The Hall–Kier alpha value is -2.54. The number of aryl methyl sites for hydroxylation is 1. The van der Waals surface area contributed by atoms with E-state index in [1.807, 2.05) is 10.9 Å². The third kappa shape index (κ3) is 3.27. The summed E-state index contributed by atoms with van der Waals surface area (Å²) in [5.74, 6) is 2.72. The molecule has 2 aliphatic heterocycles. The van der Waals surface area contributed by atoms with Gasteiger partial charge < -0.3 is 19.4 Å². The number of nitrogens with one attached hydrogen (secondary N) is 1. The summed E-state index contributed by atoms with van der Waals surface area (Å²) in [7, 11) is 0. The van der Waals surface area contributed by atoms with Gasteiger partial charge >= 0.3 is 0 Å². The summed E-state index contributed by atoms with van der Waals surface area (Å²) in [5, 5.41) is 8.17. The molecule has 29 heavy (non-hydrogen) atoms. The molecule has 1 aromatic carbocycles. The summed E-state index contributed by atoms with van der Waals surface area (Å²) in [5.41, 5.74) is 4.22. The van der Waals surface area contributed by atoms with Gasteiger partial charge in [-0.1, -0.05) is 0 Å². The standard InChI is InChI=1S/C22H27N5O2/c1-2-8-29-20(4-1)27-14-16(13-24-27)22-25-18-10-17(23-12-15-5-6-15)11-19-21(18)26(22)7-3-9-28-19/h10-11,13-15,20,23H,1-9,12H2. The number of nitrogens with zero attached hydrogens (tertiary/aromatic N) is 4. The van der Waals surface area contributed by atoms with Crippen molar-refractivity contribution in [3.05, 3.63) is 24.5 Å². The summed E-state index contributed by atoms with van der Waals surface area (Å²) in [6.07, 6.45) is 11.0. The number of benzene rings is 1. The van der Waals surface area contributed by atoms with Crippen LogP contribution in [0.1, 0.15) is 44.8 Å². The van der Waals surface area contributed by atoms with Crippen LogP contribution in [0, 0.1) is 5.92 Å². The highest BCUT2D eigenvalue weighted by Crippen LogP contribution is 2.37. The predicted molar refractivity (Wildman–Crippen MR) is 111 cm³/mol. The molecule has 152 valence electrons. The maximum absolute atomic E-state index is 6.09. The number of ether oxygens (including phenoxy) is 2. The molecule has 6 rings (SSSR count). The molecule has 2 fully saturated rings. The monoisotopic (exact) mass is 393 g/mol. The fraction of sp³-hybridized carbons (Fsp3) is 0.545. The number of hydrogen-bond acceptors (Lipinski definition) is 5. The number of anilines is 1. The third-order valence-corrected chi connectivity index (χ3v) is 6.19. The molecule has 1 saturated heterocycles. The zero-order valence-electron chi connectivity index (χ0n) is 16.6. The Kier molecular flexibility index (Phi) is 4.22. The fourth-order valence-corrected chi connectivity index (χ4v) is 4.41. The topological polar surface area (TPSA) is 66.1 Å². The molecule has 7 heteroatoms. The normalized spacial score (nSPS) is 21.7. The van der Waals surface area contributed by atoms with Crippen LogP contribution in [-0.2, 0) is 11.3 Å². The van der Waals surface area contributed by atoms with Crippen molar-refractivity contribution < 1.29 is 9.47 Å². The van der Waals surface area contributed by atoms with E-state index in [0.29, 0.717) is 0 Å². The first-order valence-electron chi connectivity index (χ1n) is 10.9. The van der Waals surface area contributed by atoms with Gasteiger partial charge in [0.25, 0.3) is 0 Å². The summed E-state index contributed by atoms with van der Waals surface area (Å²) in [4.78, 5) is 5.01. The zero-order valence-corrected chi connectivity index (χ0v) is 16.6. The van der Waals surface area contributed by atoms with E-state index in [-0.39, 0.29) is 6.23 Å². The van der Waals surface area contributed by atoms with E-state index >= 15 is 0 Å². The maximum Gasteiger partial charge on any atom is 0.150 e. The van der Waals surface area contributed by atoms with Crippen LogP contribution in [-0.4, -0.2) is 39.1 Å². The molecule has 1 N–H and O–H groups in total. The number of aromatic nitrogens is 4. The first-order chi connectivity index (χ1) is 14.3. The van der Waals surface area contributed by atoms with Gasteiger partial charge in [-0.15, -0.1) is 0 Å². The maximum atomic E-state index is 6.09. The Bertz CT molecular complexity index is 1030. The van der Waals surface area contributed by atoms with Crippen LogP contribution in [0.15, 0.2) is 24.5 Å². The lowest BCUT2D eigenvalue weighted by Gasteiger charge is -2.22. The zero-order chi connectivity index (χ0) is 19.2. The Morgan fingerprint density at radius 3 is 2.93 bits per heavy atom. The Labute approximate surface area is 170 Å². The molecule has 7 nitrogen and oxygen atoms in total. The van der Waals surface area contributed by atoms with Crippen LogP contribution in [0.4, 0.5) is 5.69 Å². The molecule has 3 aromatic rings. The highest BCUT2D eigenvalue weighted by atomic mass is 16.5. The lowest BCUT2D eigenvalue weighted by molar-refractivity contribution is -0.0394. The molecular formula is C22H27N5O2. The van der Waals surface area contributed by atoms with E-state index in [9.17, 15) is 0 Å². The number of rotatable bonds is 5. The number of imidazole rings is 1. The quantitative estimate of drug-likeness (QED) is 0.704. The van der Waals surface area contributed by atoms with Crippen molar-refractivity contribution in [2.45, 2.75) is 51.3 Å². The molecule has 1 unspecified atom stereocenters. The molecule has 0 bridgehead atoms. The Morgan fingerprint density at radius 2 is 2.07 bits per heavy atom. The summed E-state index contributed by atoms with van der Waals surface area (Å²) >= 11 is 0. The van der Waals surface area contributed by atoms with Crippen LogP contribution >= 0.6 is 0 Å². The number of hydrogen-bond donors (Lipinski definition) is 1. The predicted octanol–water partition coefficient (Wildman–Crippen LogP) is 4.20. The molecule has 0 radical (unpaired) electrons. The molecule has 1 saturated carbocycles. The van der Waals surface area contributed by atoms with E-state index in [4.69, 9.17) is 14.5 Å². The van der Waals surface area contributed by atoms with Crippen molar-refractivity contribution in [2.75, 3.05) is 25.1 Å². The molecule has 1 aliphatic carbocycles. The van der Waals surface area contributed by atoms with Gasteiger partial charge in [0, 0.05) is 37.6 Å². The molecule has 3 aliphatic rings. The van der Waals surface area contributed by atoms with E-state index in [0.717, 1.165) is 85.3 Å². The molecule has 4 heterocycles. The van der Waals surface area contributed by atoms with Crippen LogP contribution in [0.5, 0.6) is 5.75 Å². The fourth-order valence-electron chi connectivity index (χ4n) is 4.41. The first-order valence-corrected chi connectivity index (χ1v) is 10.9. The van der Waals surface area contributed by atoms with Crippen molar-refractivity contribution in [3.63, 3.8) is 0 Å². The van der Waals surface area contributed by atoms with Gasteiger partial charge in [0.05, 0.1) is 23.9 Å². The largest absolute Gasteiger partial charge is 0.491 e. The molecule has 2 aromatic heterocycles. The smallest absolute Gasteiger partial charge is 0.150 e. The van der Waals surface area contributed by atoms with Gasteiger partial charge in [-0.05, 0) is 50.5 Å². The minimum Gasteiger partial charge on any atom is -0.491 e. The SMILES string of the molecule is c1nn(C2CCCCO2)cc1-c1nc2cc(NCC3CC3)cc3c2n1CCCO3. The average Bonchev–Trinajstić information content (AvgIpc) is 3.39. The molecule has 0 spiro atoms. The third-order valence-electron chi connectivity index (χ3n) is 6.19. The molecule has 0 amide bonds. The van der Waals surface area contributed by atoms with Gasteiger partial charge in [-0.2, -0.15) is 5.10 Å². The van der Waals surface area contributed by atoms with Crippen molar-refractivity contribution in [2.24, 2.45) is 5.92 Å². The van der Waals surface area contributed by atoms with E-state index < -0.39 is 0 Å². The van der Waals surface area contributed by atoms with Gasteiger partial charge in [-0.3, -0.25) is 0 Å². The minimum atomic E-state index is 0.0446. The summed E-state index contributed by atoms with van der Waals surface area (Å²) < 4.78 is 16.2. The van der Waals surface area contributed by atoms with Crippen molar-refractivity contribution >= 4 is 16.7 Å². The van der Waals surface area contributed by atoms with Crippen LogP contribution < -0.4 is 10.1 Å². The second kappa shape index (κ2) is 7.06. The highest BCUT2D eigenvalue weighted by molar-refractivity contribution is 5.89. The van der Waals surface area contributed by atoms with Crippen molar-refractivity contribution in [3.8, 4) is 17.1 Å². The van der Waals surface area contributed by atoms with Gasteiger partial charge in [0.1, 0.15) is 23.3 Å². The van der Waals surface area contributed by atoms with Crippen molar-refractivity contribution in [1.29, 1.82) is 0 Å². The Balaban J connectivity index is 1.38. The van der Waals surface area contributed by atoms with Gasteiger partial charge in [-0.25, -0.2) is 9.67 Å². The van der Waals surface area contributed by atoms with Gasteiger partial charge in [0.15, 0.2) is 0 Å². The Morgan fingerprint density at radius 1 is 1.10 bits per heavy atom. The first kappa shape index (κ1) is 17.3. The van der Waals surface area contributed by atoms with E-state index in [1.54, 1.807) is 0 Å².